The second-order valence-electron chi connectivity index (χ2n) is 11.1. The van der Waals surface area contributed by atoms with Crippen LogP contribution < -0.4 is 11.1 Å². The van der Waals surface area contributed by atoms with Crippen molar-refractivity contribution in [1.82, 2.24) is 34.9 Å². The van der Waals surface area contributed by atoms with Crippen LogP contribution in [-0.4, -0.2) is 79.2 Å². The maximum absolute atomic E-state index is 13.8. The van der Waals surface area contributed by atoms with Gasteiger partial charge in [0.2, 0.25) is 11.8 Å². The molecule has 0 bridgehead atoms. The van der Waals surface area contributed by atoms with E-state index in [1.165, 1.54) is 30.3 Å². The Bertz CT molecular complexity index is 1830. The number of carbonyl (C=O) groups excluding carboxylic acids is 3. The largest absolute Gasteiger partial charge is 0.379 e. The fourth-order valence-corrected chi connectivity index (χ4v) is 9.22. The highest BCUT2D eigenvalue weighted by Crippen LogP contribution is 2.41. The summed E-state index contributed by atoms with van der Waals surface area (Å²) < 4.78 is 10.3. The molecule has 228 valence electrons. The molecule has 1 saturated carbocycles. The molecule has 5 aromatic rings. The van der Waals surface area contributed by atoms with Gasteiger partial charge in [-0.05, 0) is 56.0 Å². The molecule has 3 atom stereocenters. The SMILES string of the molecule is Cc1ncc(-c2nc3c(s2)c(C(N)=O)nn3CC(=O)N2CCCOC[C@H]2C(=O)NC2CCC(c3cc4sccc4s3)C2)cn1. The van der Waals surface area contributed by atoms with Gasteiger partial charge >= 0.3 is 0 Å². The van der Waals surface area contributed by atoms with E-state index in [0.29, 0.717) is 52.2 Å². The molecule has 12 nitrogen and oxygen atoms in total. The molecule has 15 heteroatoms. The van der Waals surface area contributed by atoms with Crippen LogP contribution in [0.3, 0.4) is 0 Å². The zero-order valence-electron chi connectivity index (χ0n) is 23.9. The molecule has 6 heterocycles. The van der Waals surface area contributed by atoms with E-state index in [9.17, 15) is 14.4 Å². The Kier molecular flexibility index (Phi) is 7.86. The molecule has 5 aromatic heterocycles. The molecule has 3 N–H and O–H groups in total. The number of amides is 3. The minimum atomic E-state index is -0.770. The van der Waals surface area contributed by atoms with E-state index in [4.69, 9.17) is 10.5 Å². The van der Waals surface area contributed by atoms with Crippen molar-refractivity contribution in [2.24, 2.45) is 5.73 Å². The molecule has 2 fully saturated rings. The van der Waals surface area contributed by atoms with Crippen LogP contribution in [0.2, 0.25) is 0 Å². The normalized spacial score (nSPS) is 20.8. The first kappa shape index (κ1) is 29.0. The van der Waals surface area contributed by atoms with Crippen molar-refractivity contribution in [2.75, 3.05) is 19.8 Å². The summed E-state index contributed by atoms with van der Waals surface area (Å²) in [6, 6.07) is 3.72. The number of hydrogen-bond donors (Lipinski definition) is 2. The number of hydrogen-bond acceptors (Lipinski definition) is 11. The number of aryl methyl sites for hydroxylation is 1. The van der Waals surface area contributed by atoms with E-state index in [1.54, 1.807) is 35.6 Å². The van der Waals surface area contributed by atoms with Gasteiger partial charge in [-0.3, -0.25) is 14.4 Å². The van der Waals surface area contributed by atoms with Gasteiger partial charge in [-0.25, -0.2) is 19.6 Å². The summed E-state index contributed by atoms with van der Waals surface area (Å²) in [6.07, 6.45) is 6.70. The monoisotopic (exact) mass is 650 g/mol. The van der Waals surface area contributed by atoms with E-state index in [2.05, 4.69) is 42.9 Å². The zero-order chi connectivity index (χ0) is 30.4. The van der Waals surface area contributed by atoms with Gasteiger partial charge in [-0.15, -0.1) is 34.0 Å². The highest BCUT2D eigenvalue weighted by molar-refractivity contribution is 7.27. The Hall–Kier alpha value is -3.79. The lowest BCUT2D eigenvalue weighted by Crippen LogP contribution is -2.53. The van der Waals surface area contributed by atoms with E-state index >= 15 is 0 Å². The fraction of sp³-hybridized carbons (Fsp3) is 0.414. The lowest BCUT2D eigenvalue weighted by Gasteiger charge is -2.29. The van der Waals surface area contributed by atoms with E-state index in [-0.39, 0.29) is 36.7 Å². The van der Waals surface area contributed by atoms with Crippen molar-refractivity contribution in [2.45, 2.75) is 57.2 Å². The number of rotatable bonds is 7. The van der Waals surface area contributed by atoms with Gasteiger partial charge < -0.3 is 20.7 Å². The van der Waals surface area contributed by atoms with Crippen LogP contribution >= 0.6 is 34.0 Å². The highest BCUT2D eigenvalue weighted by atomic mass is 32.1. The predicted molar refractivity (Wildman–Crippen MR) is 169 cm³/mol. The third-order valence-corrected chi connectivity index (χ3v) is 11.5. The number of fused-ring (bicyclic) bond motifs is 2. The molecule has 2 aliphatic rings. The highest BCUT2D eigenvalue weighted by Gasteiger charge is 2.36. The summed E-state index contributed by atoms with van der Waals surface area (Å²) >= 11 is 4.84. The summed E-state index contributed by atoms with van der Waals surface area (Å²) in [5.41, 5.74) is 6.72. The van der Waals surface area contributed by atoms with Crippen LogP contribution in [-0.2, 0) is 20.9 Å². The Morgan fingerprint density at radius 2 is 2.00 bits per heavy atom. The second-order valence-corrected chi connectivity index (χ2v) is 14.2. The maximum Gasteiger partial charge on any atom is 0.270 e. The Morgan fingerprint density at radius 3 is 2.80 bits per heavy atom. The minimum absolute atomic E-state index is 0.0379. The standard InChI is InChI=1S/C29H30N8O4S3/c1-15-31-11-17(12-32-15)29-34-27-25(44-29)24(26(30)39)35-37(27)13-23(38)36-6-2-7-41-14-19(36)28(40)33-18-4-3-16(9-18)21-10-22-20(43-21)5-8-42-22/h5,8,10-12,16,18-19H,2-4,6-7,9,13-14H2,1H3,(H2,30,39)(H,33,40)/t16?,18?,19-/m0/s1. The van der Waals surface area contributed by atoms with Gasteiger partial charge in [0.15, 0.2) is 11.3 Å². The number of carbonyl (C=O) groups is 3. The minimum Gasteiger partial charge on any atom is -0.379 e. The number of nitrogens with two attached hydrogens (primary N) is 1. The van der Waals surface area contributed by atoms with Gasteiger partial charge in [-0.1, -0.05) is 0 Å². The van der Waals surface area contributed by atoms with Crippen molar-refractivity contribution < 1.29 is 19.1 Å². The van der Waals surface area contributed by atoms with E-state index in [1.807, 2.05) is 11.3 Å². The first-order chi connectivity index (χ1) is 21.3. The topological polar surface area (TPSA) is 158 Å². The molecule has 1 aliphatic heterocycles. The van der Waals surface area contributed by atoms with Crippen molar-refractivity contribution in [1.29, 1.82) is 0 Å². The first-order valence-corrected chi connectivity index (χ1v) is 17.0. The second kappa shape index (κ2) is 12.0. The van der Waals surface area contributed by atoms with Crippen molar-refractivity contribution in [3.05, 3.63) is 46.3 Å². The number of aromatic nitrogens is 5. The molecule has 2 unspecified atom stereocenters. The molecule has 0 aromatic carbocycles. The molecule has 0 radical (unpaired) electrons. The third-order valence-electron chi connectivity index (χ3n) is 8.14. The van der Waals surface area contributed by atoms with Crippen LogP contribution in [0, 0.1) is 6.92 Å². The van der Waals surface area contributed by atoms with Crippen molar-refractivity contribution in [3.63, 3.8) is 0 Å². The number of primary amides is 1. The van der Waals surface area contributed by atoms with Gasteiger partial charge in [0.05, 0.1) is 6.61 Å². The van der Waals surface area contributed by atoms with Crippen LogP contribution in [0.1, 0.15) is 52.8 Å². The molecule has 1 saturated heterocycles. The Balaban J connectivity index is 1.07. The average Bonchev–Trinajstić information content (AvgIpc) is 3.80. The van der Waals surface area contributed by atoms with Crippen LogP contribution in [0.5, 0.6) is 0 Å². The molecule has 0 spiro atoms. The van der Waals surface area contributed by atoms with Gasteiger partial charge in [0.25, 0.3) is 5.91 Å². The van der Waals surface area contributed by atoms with E-state index < -0.39 is 11.9 Å². The van der Waals surface area contributed by atoms with Gasteiger partial charge in [0.1, 0.15) is 28.1 Å². The number of thiazole rings is 1. The van der Waals surface area contributed by atoms with Crippen LogP contribution in [0.4, 0.5) is 0 Å². The quantitative estimate of drug-likeness (QED) is 0.270. The Morgan fingerprint density at radius 1 is 1.16 bits per heavy atom. The molecule has 7 rings (SSSR count). The van der Waals surface area contributed by atoms with Gasteiger partial charge in [0, 0.05) is 51.4 Å². The third kappa shape index (κ3) is 5.60. The molecule has 1 aliphatic carbocycles. The number of nitrogens with zero attached hydrogens (tertiary/aromatic N) is 6. The number of thiophene rings is 2. The summed E-state index contributed by atoms with van der Waals surface area (Å²) in [5, 5.41) is 10.3. The predicted octanol–water partition coefficient (Wildman–Crippen LogP) is 3.70. The fourth-order valence-electron chi connectivity index (χ4n) is 5.92. The van der Waals surface area contributed by atoms with Crippen LogP contribution in [0.15, 0.2) is 29.9 Å². The Labute approximate surface area is 264 Å². The summed E-state index contributed by atoms with van der Waals surface area (Å²) in [5.74, 6) is -0.193. The lowest BCUT2D eigenvalue weighted by atomic mass is 10.1. The summed E-state index contributed by atoms with van der Waals surface area (Å²) in [7, 11) is 0. The number of ether oxygens (including phenoxy) is 1. The smallest absolute Gasteiger partial charge is 0.270 e. The number of nitrogens with one attached hydrogen (secondary N) is 1. The lowest BCUT2D eigenvalue weighted by molar-refractivity contribution is -0.142. The summed E-state index contributed by atoms with van der Waals surface area (Å²) in [4.78, 5) is 55.7. The first-order valence-electron chi connectivity index (χ1n) is 14.4. The van der Waals surface area contributed by atoms with Crippen molar-refractivity contribution in [3.8, 4) is 10.6 Å². The molecule has 44 heavy (non-hydrogen) atoms. The van der Waals surface area contributed by atoms with Crippen LogP contribution in [0.25, 0.3) is 30.3 Å². The molecule has 3 amide bonds. The molecular formula is C29H30N8O4S3. The zero-order valence-corrected chi connectivity index (χ0v) is 26.3. The average molecular weight is 651 g/mol. The molecular weight excluding hydrogens is 621 g/mol. The maximum atomic E-state index is 13.8. The van der Waals surface area contributed by atoms with Crippen molar-refractivity contribution >= 4 is 71.5 Å². The summed E-state index contributed by atoms with van der Waals surface area (Å²) in [6.45, 7) is 2.52. The van der Waals surface area contributed by atoms with Gasteiger partial charge in [-0.2, -0.15) is 5.10 Å². The van der Waals surface area contributed by atoms with E-state index in [0.717, 1.165) is 19.3 Å².